The maximum atomic E-state index is 12.3. The largest absolute Gasteiger partial charge is 0.343 e. The zero-order valence-electron chi connectivity index (χ0n) is 15.2. The maximum absolute atomic E-state index is 12.3. The van der Waals surface area contributed by atoms with Crippen LogP contribution in [0.15, 0.2) is 75.6 Å². The molecule has 4 rings (SSSR count). The van der Waals surface area contributed by atoms with Gasteiger partial charge in [0.1, 0.15) is 0 Å². The second-order valence-corrected chi connectivity index (χ2v) is 8.20. The first-order valence-corrected chi connectivity index (χ1v) is 10.5. The molecule has 1 aromatic heterocycles. The number of nitrogens with zero attached hydrogens (tertiary/aromatic N) is 1. The number of amides is 2. The first-order valence-electron chi connectivity index (χ1n) is 8.86. The molecule has 0 aliphatic rings. The van der Waals surface area contributed by atoms with Crippen molar-refractivity contribution < 1.29 is 9.59 Å². The average Bonchev–Trinajstić information content (AvgIpc) is 3.15. The lowest BCUT2D eigenvalue weighted by atomic mass is 10.1. The summed E-state index contributed by atoms with van der Waals surface area (Å²) >= 11 is 5.05. The van der Waals surface area contributed by atoms with Gasteiger partial charge in [-0.3, -0.25) is 9.59 Å². The number of hydrazone groups is 1. The minimum atomic E-state index is -0.390. The van der Waals surface area contributed by atoms with Gasteiger partial charge in [-0.15, -0.1) is 11.3 Å². The minimum Gasteiger partial charge on any atom is -0.343 e. The van der Waals surface area contributed by atoms with Gasteiger partial charge in [-0.2, -0.15) is 5.10 Å². The number of fused-ring (bicyclic) bond motifs is 2. The lowest BCUT2D eigenvalue weighted by molar-refractivity contribution is -0.120. The van der Waals surface area contributed by atoms with Crippen LogP contribution in [0.1, 0.15) is 15.9 Å². The number of benzene rings is 3. The SMILES string of the molecule is O=C(CNC(=O)c1ccc2cc(Br)ccc2c1)N/N=C\c1csc2ccccc12. The molecule has 0 spiro atoms. The molecule has 2 amide bonds. The highest BCUT2D eigenvalue weighted by atomic mass is 79.9. The van der Waals surface area contributed by atoms with Crippen LogP contribution in [0.3, 0.4) is 0 Å². The van der Waals surface area contributed by atoms with Gasteiger partial charge < -0.3 is 5.32 Å². The molecule has 0 bridgehead atoms. The molecule has 0 atom stereocenters. The van der Waals surface area contributed by atoms with E-state index in [0.717, 1.165) is 30.9 Å². The van der Waals surface area contributed by atoms with Gasteiger partial charge in [-0.25, -0.2) is 5.43 Å². The quantitative estimate of drug-likeness (QED) is 0.331. The Morgan fingerprint density at radius 2 is 1.83 bits per heavy atom. The predicted octanol–water partition coefficient (Wildman–Crippen LogP) is 4.70. The van der Waals surface area contributed by atoms with E-state index in [1.807, 2.05) is 53.9 Å². The second kappa shape index (κ2) is 8.55. The van der Waals surface area contributed by atoms with Crippen LogP contribution in [-0.2, 0) is 4.79 Å². The summed E-state index contributed by atoms with van der Waals surface area (Å²) in [6.07, 6.45) is 1.61. The van der Waals surface area contributed by atoms with Crippen molar-refractivity contribution >= 4 is 66.2 Å². The summed E-state index contributed by atoms with van der Waals surface area (Å²) in [7, 11) is 0. The van der Waals surface area contributed by atoms with Gasteiger partial charge in [0.05, 0.1) is 12.8 Å². The molecule has 29 heavy (non-hydrogen) atoms. The van der Waals surface area contributed by atoms with Crippen LogP contribution in [0.5, 0.6) is 0 Å². The summed E-state index contributed by atoms with van der Waals surface area (Å²) < 4.78 is 2.14. The predicted molar refractivity (Wildman–Crippen MR) is 122 cm³/mol. The third kappa shape index (κ3) is 4.52. The number of halogens is 1. The van der Waals surface area contributed by atoms with E-state index in [1.54, 1.807) is 29.7 Å². The summed E-state index contributed by atoms with van der Waals surface area (Å²) in [5.74, 6) is -0.698. The van der Waals surface area contributed by atoms with Crippen LogP contribution in [0, 0.1) is 0 Å². The summed E-state index contributed by atoms with van der Waals surface area (Å²) in [4.78, 5) is 24.3. The first kappa shape index (κ1) is 19.3. The molecule has 1 heterocycles. The summed E-state index contributed by atoms with van der Waals surface area (Å²) in [6, 6.07) is 19.3. The van der Waals surface area contributed by atoms with Crippen LogP contribution in [0.25, 0.3) is 20.9 Å². The lowest BCUT2D eigenvalue weighted by Crippen LogP contribution is -2.34. The van der Waals surface area contributed by atoms with Crippen molar-refractivity contribution in [1.29, 1.82) is 0 Å². The molecule has 0 radical (unpaired) electrons. The zero-order chi connectivity index (χ0) is 20.2. The van der Waals surface area contributed by atoms with Gasteiger partial charge >= 0.3 is 0 Å². The summed E-state index contributed by atoms with van der Waals surface area (Å²) in [6.45, 7) is -0.154. The van der Waals surface area contributed by atoms with Crippen molar-refractivity contribution in [3.8, 4) is 0 Å². The van der Waals surface area contributed by atoms with E-state index >= 15 is 0 Å². The second-order valence-electron chi connectivity index (χ2n) is 6.37. The van der Waals surface area contributed by atoms with Crippen molar-refractivity contribution in [3.63, 3.8) is 0 Å². The number of thiophene rings is 1. The Labute approximate surface area is 179 Å². The Morgan fingerprint density at radius 3 is 2.72 bits per heavy atom. The van der Waals surface area contributed by atoms with E-state index in [2.05, 4.69) is 31.8 Å². The molecular weight excluding hydrogens is 450 g/mol. The molecular formula is C22H16BrN3O2S. The number of carbonyl (C=O) groups is 2. The molecule has 7 heteroatoms. The van der Waals surface area contributed by atoms with E-state index in [1.165, 1.54) is 0 Å². The van der Waals surface area contributed by atoms with E-state index < -0.39 is 0 Å². The Balaban J connectivity index is 1.33. The average molecular weight is 466 g/mol. The molecule has 0 fully saturated rings. The highest BCUT2D eigenvalue weighted by Gasteiger charge is 2.09. The van der Waals surface area contributed by atoms with Gasteiger partial charge in [0.25, 0.3) is 11.8 Å². The van der Waals surface area contributed by atoms with Crippen LogP contribution in [0.4, 0.5) is 0 Å². The van der Waals surface area contributed by atoms with Gasteiger partial charge in [0, 0.05) is 31.1 Å². The molecule has 0 saturated carbocycles. The number of nitrogens with one attached hydrogen (secondary N) is 2. The summed E-state index contributed by atoms with van der Waals surface area (Å²) in [5.41, 5.74) is 3.89. The maximum Gasteiger partial charge on any atom is 0.259 e. The van der Waals surface area contributed by atoms with Crippen molar-refractivity contribution in [2.45, 2.75) is 0 Å². The molecule has 0 unspecified atom stereocenters. The smallest absolute Gasteiger partial charge is 0.259 e. The summed E-state index contributed by atoms with van der Waals surface area (Å²) in [5, 5.41) is 11.7. The fourth-order valence-electron chi connectivity index (χ4n) is 2.93. The standard InChI is InChI=1S/C22H16BrN3O2S/c23-18-8-7-14-9-16(6-5-15(14)10-18)22(28)24-12-21(27)26-25-11-17-13-29-20-4-2-1-3-19(17)20/h1-11,13H,12H2,(H,24,28)(H,26,27)/b25-11-. The minimum absolute atomic E-state index is 0.154. The lowest BCUT2D eigenvalue weighted by Gasteiger charge is -2.06. The zero-order valence-corrected chi connectivity index (χ0v) is 17.6. The number of hydrogen-bond acceptors (Lipinski definition) is 4. The first-order chi connectivity index (χ1) is 14.1. The Kier molecular flexibility index (Phi) is 5.69. The monoisotopic (exact) mass is 465 g/mol. The van der Waals surface area contributed by atoms with Crippen LogP contribution in [-0.4, -0.2) is 24.6 Å². The topological polar surface area (TPSA) is 70.6 Å². The van der Waals surface area contributed by atoms with Crippen molar-refractivity contribution in [3.05, 3.63) is 81.6 Å². The fraction of sp³-hybridized carbons (Fsp3) is 0.0455. The van der Waals surface area contributed by atoms with Gasteiger partial charge in [0.15, 0.2) is 0 Å². The molecule has 5 nitrogen and oxygen atoms in total. The van der Waals surface area contributed by atoms with Gasteiger partial charge in [0.2, 0.25) is 0 Å². The van der Waals surface area contributed by atoms with Crippen LogP contribution < -0.4 is 10.7 Å². The third-order valence-electron chi connectivity index (χ3n) is 4.38. The number of rotatable bonds is 5. The number of hydrogen-bond donors (Lipinski definition) is 2. The van der Waals surface area contributed by atoms with Crippen molar-refractivity contribution in [2.24, 2.45) is 5.10 Å². The van der Waals surface area contributed by atoms with Gasteiger partial charge in [-0.1, -0.05) is 46.3 Å². The highest BCUT2D eigenvalue weighted by molar-refractivity contribution is 9.10. The van der Waals surface area contributed by atoms with Crippen LogP contribution in [0.2, 0.25) is 0 Å². The number of carbonyl (C=O) groups excluding carboxylic acids is 2. The molecule has 2 N–H and O–H groups in total. The molecule has 144 valence electrons. The van der Waals surface area contributed by atoms with E-state index in [0.29, 0.717) is 5.56 Å². The fourth-order valence-corrected chi connectivity index (χ4v) is 4.22. The Bertz CT molecular complexity index is 1250. The normalized spacial score (nSPS) is 11.2. The molecule has 0 saturated heterocycles. The van der Waals surface area contributed by atoms with Crippen molar-refractivity contribution in [1.82, 2.24) is 10.7 Å². The molecule has 3 aromatic carbocycles. The van der Waals surface area contributed by atoms with E-state index in [9.17, 15) is 9.59 Å². The Hall–Kier alpha value is -3.03. The molecule has 4 aromatic rings. The van der Waals surface area contributed by atoms with Gasteiger partial charge in [-0.05, 0) is 41.1 Å². The highest BCUT2D eigenvalue weighted by Crippen LogP contribution is 2.24. The molecule has 0 aliphatic heterocycles. The third-order valence-corrected chi connectivity index (χ3v) is 5.85. The van der Waals surface area contributed by atoms with E-state index in [4.69, 9.17) is 0 Å². The molecule has 0 aliphatic carbocycles. The van der Waals surface area contributed by atoms with Crippen molar-refractivity contribution in [2.75, 3.05) is 6.54 Å². The van der Waals surface area contributed by atoms with Crippen LogP contribution >= 0.6 is 27.3 Å². The van der Waals surface area contributed by atoms with E-state index in [-0.39, 0.29) is 18.4 Å². The Morgan fingerprint density at radius 1 is 1.03 bits per heavy atom.